The molecule has 2 aromatic heterocycles. The van der Waals surface area contributed by atoms with Gasteiger partial charge in [-0.05, 0) is 32.1 Å². The van der Waals surface area contributed by atoms with E-state index in [0.29, 0.717) is 39.3 Å². The van der Waals surface area contributed by atoms with Crippen LogP contribution in [-0.2, 0) is 9.53 Å². The molecule has 4 rings (SSSR count). The standard InChI is InChI=1S/C19H20N4O3S2/c1-11-9-22(10-12(2)26-11)16-13(8-14-18(25)21(3)19(27)28-14)17(24)23-7-5-4-6-15(23)20-16/h4-8,11-12H,9-10H2,1-3H3/b14-8+. The first-order valence-electron chi connectivity index (χ1n) is 8.98. The molecule has 7 nitrogen and oxygen atoms in total. The molecule has 2 aliphatic heterocycles. The summed E-state index contributed by atoms with van der Waals surface area (Å²) in [6.45, 7) is 5.24. The Morgan fingerprint density at radius 3 is 2.61 bits per heavy atom. The van der Waals surface area contributed by atoms with Crippen molar-refractivity contribution < 1.29 is 9.53 Å². The Kier molecular flexibility index (Phi) is 4.98. The van der Waals surface area contributed by atoms with Gasteiger partial charge in [0, 0.05) is 26.3 Å². The molecule has 2 saturated heterocycles. The predicted octanol–water partition coefficient (Wildman–Crippen LogP) is 2.14. The molecule has 4 heterocycles. The van der Waals surface area contributed by atoms with Crippen molar-refractivity contribution in [2.24, 2.45) is 0 Å². The molecule has 2 unspecified atom stereocenters. The summed E-state index contributed by atoms with van der Waals surface area (Å²) >= 11 is 6.41. The van der Waals surface area contributed by atoms with Crippen molar-refractivity contribution in [1.82, 2.24) is 14.3 Å². The van der Waals surface area contributed by atoms with Crippen LogP contribution in [0, 0.1) is 0 Å². The average molecular weight is 417 g/mol. The third-order valence-corrected chi connectivity index (χ3v) is 6.21. The second-order valence-electron chi connectivity index (χ2n) is 6.99. The van der Waals surface area contributed by atoms with E-state index in [2.05, 4.69) is 4.90 Å². The number of pyridine rings is 1. The molecule has 2 fully saturated rings. The van der Waals surface area contributed by atoms with Crippen molar-refractivity contribution in [3.8, 4) is 0 Å². The van der Waals surface area contributed by atoms with Crippen molar-refractivity contribution in [1.29, 1.82) is 0 Å². The maximum atomic E-state index is 13.3. The molecule has 146 valence electrons. The molecule has 0 aliphatic carbocycles. The Morgan fingerprint density at radius 1 is 1.25 bits per heavy atom. The summed E-state index contributed by atoms with van der Waals surface area (Å²) in [5.74, 6) is 0.363. The summed E-state index contributed by atoms with van der Waals surface area (Å²) in [5, 5.41) is 0. The molecular formula is C19H20N4O3S2. The predicted molar refractivity (Wildman–Crippen MR) is 115 cm³/mol. The van der Waals surface area contributed by atoms with Crippen LogP contribution < -0.4 is 10.5 Å². The number of nitrogens with zero attached hydrogens (tertiary/aromatic N) is 4. The van der Waals surface area contributed by atoms with Gasteiger partial charge in [0.1, 0.15) is 15.8 Å². The molecule has 0 aromatic carbocycles. The van der Waals surface area contributed by atoms with Crippen LogP contribution >= 0.6 is 24.0 Å². The van der Waals surface area contributed by atoms with Crippen LogP contribution in [0.2, 0.25) is 0 Å². The Balaban J connectivity index is 1.91. The highest BCUT2D eigenvalue weighted by molar-refractivity contribution is 8.26. The number of ether oxygens (including phenoxy) is 1. The lowest BCUT2D eigenvalue weighted by molar-refractivity contribution is -0.121. The minimum atomic E-state index is -0.214. The van der Waals surface area contributed by atoms with Crippen LogP contribution in [-0.4, -0.2) is 56.9 Å². The largest absolute Gasteiger partial charge is 0.372 e. The highest BCUT2D eigenvalue weighted by atomic mass is 32.2. The van der Waals surface area contributed by atoms with Gasteiger partial charge in [0.05, 0.1) is 22.7 Å². The summed E-state index contributed by atoms with van der Waals surface area (Å²) in [7, 11) is 1.64. The van der Waals surface area contributed by atoms with Crippen molar-refractivity contribution in [2.75, 3.05) is 25.0 Å². The lowest BCUT2D eigenvalue weighted by Gasteiger charge is -2.36. The van der Waals surface area contributed by atoms with Gasteiger partial charge in [-0.2, -0.15) is 0 Å². The minimum Gasteiger partial charge on any atom is -0.372 e. The van der Waals surface area contributed by atoms with Gasteiger partial charge in [0.15, 0.2) is 0 Å². The highest BCUT2D eigenvalue weighted by Gasteiger charge is 2.31. The van der Waals surface area contributed by atoms with E-state index in [9.17, 15) is 9.59 Å². The molecule has 2 atom stereocenters. The van der Waals surface area contributed by atoms with Crippen LogP contribution in [0.25, 0.3) is 11.7 Å². The molecule has 0 N–H and O–H groups in total. The van der Waals surface area contributed by atoms with Gasteiger partial charge in [0.2, 0.25) is 0 Å². The molecule has 28 heavy (non-hydrogen) atoms. The zero-order valence-corrected chi connectivity index (χ0v) is 17.4. The molecule has 0 bridgehead atoms. The zero-order chi connectivity index (χ0) is 20.0. The number of morpholine rings is 1. The molecule has 2 aromatic rings. The Labute approximate surface area is 172 Å². The summed E-state index contributed by atoms with van der Waals surface area (Å²) in [4.78, 5) is 34.4. The number of carbonyl (C=O) groups excluding carboxylic acids is 1. The smallest absolute Gasteiger partial charge is 0.267 e. The Bertz CT molecular complexity index is 1050. The van der Waals surface area contributed by atoms with Crippen LogP contribution in [0.1, 0.15) is 19.4 Å². The molecular weight excluding hydrogens is 396 g/mol. The van der Waals surface area contributed by atoms with Crippen molar-refractivity contribution >= 4 is 51.7 Å². The van der Waals surface area contributed by atoms with E-state index in [4.69, 9.17) is 21.9 Å². The van der Waals surface area contributed by atoms with E-state index in [1.165, 1.54) is 21.1 Å². The van der Waals surface area contributed by atoms with Gasteiger partial charge < -0.3 is 9.64 Å². The maximum absolute atomic E-state index is 13.3. The normalized spacial score (nSPS) is 24.6. The second-order valence-corrected chi connectivity index (χ2v) is 8.66. The van der Waals surface area contributed by atoms with Crippen molar-refractivity contribution in [2.45, 2.75) is 26.1 Å². The molecule has 1 amide bonds. The molecule has 0 spiro atoms. The van der Waals surface area contributed by atoms with Crippen molar-refractivity contribution in [3.63, 3.8) is 0 Å². The number of likely N-dealkylation sites (N-methyl/N-ethyl adjacent to an activating group) is 1. The lowest BCUT2D eigenvalue weighted by atomic mass is 10.2. The fourth-order valence-electron chi connectivity index (χ4n) is 3.49. The van der Waals surface area contributed by atoms with E-state index >= 15 is 0 Å². The first kappa shape index (κ1) is 19.1. The lowest BCUT2D eigenvalue weighted by Crippen LogP contribution is -2.46. The molecule has 2 aliphatic rings. The van der Waals surface area contributed by atoms with Gasteiger partial charge in [-0.15, -0.1) is 0 Å². The van der Waals surface area contributed by atoms with Crippen molar-refractivity contribution in [3.05, 3.63) is 45.2 Å². The first-order chi connectivity index (χ1) is 13.3. The quantitative estimate of drug-likeness (QED) is 0.549. The van der Waals surface area contributed by atoms with E-state index < -0.39 is 0 Å². The Hall–Kier alpha value is -2.23. The first-order valence-corrected chi connectivity index (χ1v) is 10.2. The van der Waals surface area contributed by atoms with Gasteiger partial charge in [0.25, 0.3) is 11.5 Å². The van der Waals surface area contributed by atoms with Crippen LogP contribution in [0.3, 0.4) is 0 Å². The molecule has 0 saturated carbocycles. The van der Waals surface area contributed by atoms with E-state index in [1.807, 2.05) is 19.9 Å². The van der Waals surface area contributed by atoms with Gasteiger partial charge >= 0.3 is 0 Å². The fraction of sp³-hybridized carbons (Fsp3) is 0.368. The van der Waals surface area contributed by atoms with E-state index in [-0.39, 0.29) is 23.7 Å². The fourth-order valence-corrected chi connectivity index (χ4v) is 4.65. The number of aromatic nitrogens is 2. The zero-order valence-electron chi connectivity index (χ0n) is 15.8. The summed E-state index contributed by atoms with van der Waals surface area (Å²) in [5.41, 5.74) is 0.738. The number of anilines is 1. The SMILES string of the molecule is CC1CN(c2nc3ccccn3c(=O)c2/C=C2/SC(=S)N(C)C2=O)CC(C)O1. The van der Waals surface area contributed by atoms with Gasteiger partial charge in [-0.1, -0.05) is 30.0 Å². The second kappa shape index (κ2) is 7.31. The number of hydrogen-bond donors (Lipinski definition) is 0. The van der Waals surface area contributed by atoms with Crippen LogP contribution in [0.5, 0.6) is 0 Å². The van der Waals surface area contributed by atoms with E-state index in [1.54, 1.807) is 31.5 Å². The molecule has 9 heteroatoms. The van der Waals surface area contributed by atoms with Gasteiger partial charge in [-0.25, -0.2) is 4.98 Å². The minimum absolute atomic E-state index is 0.0153. The summed E-state index contributed by atoms with van der Waals surface area (Å²) in [6, 6.07) is 5.43. The van der Waals surface area contributed by atoms with Gasteiger partial charge in [-0.3, -0.25) is 18.9 Å². The number of thioether (sulfide) groups is 1. The summed E-state index contributed by atoms with van der Waals surface area (Å²) < 4.78 is 7.79. The number of carbonyl (C=O) groups is 1. The van der Waals surface area contributed by atoms with Crippen LogP contribution in [0.4, 0.5) is 5.82 Å². The number of rotatable bonds is 2. The van der Waals surface area contributed by atoms with E-state index in [0.717, 1.165) is 0 Å². The number of amides is 1. The van der Waals surface area contributed by atoms with Crippen LogP contribution in [0.15, 0.2) is 34.1 Å². The number of fused-ring (bicyclic) bond motifs is 1. The third kappa shape index (κ3) is 3.34. The monoisotopic (exact) mass is 416 g/mol. The number of thiocarbonyl (C=S) groups is 1. The third-order valence-electron chi connectivity index (χ3n) is 4.73. The Morgan fingerprint density at radius 2 is 1.96 bits per heavy atom. The summed E-state index contributed by atoms with van der Waals surface area (Å²) in [6.07, 6.45) is 3.34. The maximum Gasteiger partial charge on any atom is 0.267 e. The topological polar surface area (TPSA) is 67.2 Å². The molecule has 0 radical (unpaired) electrons. The number of hydrogen-bond acceptors (Lipinski definition) is 7. The average Bonchev–Trinajstić information content (AvgIpc) is 2.90. The highest BCUT2D eigenvalue weighted by Crippen LogP contribution is 2.32.